The minimum Gasteiger partial charge on any atom is -0.352 e. The smallest absolute Gasteiger partial charge is 0.272 e. The first-order chi connectivity index (χ1) is 17.3. The Bertz CT molecular complexity index is 1130. The molecule has 0 spiro atoms. The molecule has 1 unspecified atom stereocenters. The van der Waals surface area contributed by atoms with E-state index in [1.54, 1.807) is 0 Å². The number of fused-ring (bicyclic) bond motifs is 1. The molecule has 1 aromatic carbocycles. The molecule has 1 aromatic heterocycles. The third-order valence-electron chi connectivity index (χ3n) is 6.60. The number of rotatable bonds is 8. The Kier molecular flexibility index (Phi) is 9.37. The lowest BCUT2D eigenvalue weighted by atomic mass is 9.85. The van der Waals surface area contributed by atoms with E-state index in [2.05, 4.69) is 25.4 Å². The molecule has 1 aliphatic heterocycles. The number of carbonyl (C=O) groups is 2. The molecule has 0 saturated carbocycles. The van der Waals surface area contributed by atoms with Crippen molar-refractivity contribution in [1.29, 1.82) is 0 Å². The molecular formula is C27H40ClFN6O2. The van der Waals surface area contributed by atoms with Gasteiger partial charge in [0.05, 0.1) is 11.3 Å². The highest BCUT2D eigenvalue weighted by Crippen LogP contribution is 2.30. The summed E-state index contributed by atoms with van der Waals surface area (Å²) in [5.41, 5.74) is 0.596. The SMILES string of the molecule is CC(CCN(C)C)NC(=O)[C@@H](NC(=O)c1nc(-c2cc(Cl)ccc2F)n2c1CN(C)CCC2)C(C)(C)C. The molecule has 2 atom stereocenters. The highest BCUT2D eigenvalue weighted by molar-refractivity contribution is 6.30. The van der Waals surface area contributed by atoms with Crippen LogP contribution in [0.4, 0.5) is 4.39 Å². The number of benzene rings is 1. The summed E-state index contributed by atoms with van der Waals surface area (Å²) in [5, 5.41) is 6.38. The highest BCUT2D eigenvalue weighted by Gasteiger charge is 2.35. The van der Waals surface area contributed by atoms with Gasteiger partial charge in [-0.15, -0.1) is 0 Å². The number of nitrogens with zero attached hydrogens (tertiary/aromatic N) is 4. The Morgan fingerprint density at radius 1 is 1.22 bits per heavy atom. The Hall–Kier alpha value is -2.49. The standard InChI is InChI=1S/C27H40ClFN6O2/c1-17(11-14-33(5)6)30-26(37)23(27(2,3)4)32-25(36)22-21-16-34(7)12-8-13-35(21)24(31-22)19-15-18(28)9-10-20(19)29/h9-10,15,17,23H,8,11-14,16H2,1-7H3,(H,30,37)(H,32,36)/t17?,23-/m1/s1. The molecule has 8 nitrogen and oxygen atoms in total. The lowest BCUT2D eigenvalue weighted by molar-refractivity contribution is -0.126. The zero-order valence-corrected chi connectivity index (χ0v) is 23.7. The number of halogens is 2. The molecule has 0 radical (unpaired) electrons. The van der Waals surface area contributed by atoms with Crippen molar-refractivity contribution in [2.75, 3.05) is 34.2 Å². The van der Waals surface area contributed by atoms with Crippen LogP contribution in [0.15, 0.2) is 18.2 Å². The topological polar surface area (TPSA) is 82.5 Å². The summed E-state index contributed by atoms with van der Waals surface area (Å²) >= 11 is 6.17. The van der Waals surface area contributed by atoms with E-state index in [0.29, 0.717) is 29.6 Å². The van der Waals surface area contributed by atoms with Crippen LogP contribution in [-0.2, 0) is 17.9 Å². The van der Waals surface area contributed by atoms with Crippen molar-refractivity contribution < 1.29 is 14.0 Å². The Balaban J connectivity index is 1.95. The molecule has 0 bridgehead atoms. The van der Waals surface area contributed by atoms with Gasteiger partial charge in [0, 0.05) is 24.2 Å². The van der Waals surface area contributed by atoms with Gasteiger partial charge < -0.3 is 25.0 Å². The molecule has 2 amide bonds. The van der Waals surface area contributed by atoms with Crippen LogP contribution in [0.3, 0.4) is 0 Å². The second-order valence-electron chi connectivity index (χ2n) is 11.4. The Morgan fingerprint density at radius 3 is 2.57 bits per heavy atom. The largest absolute Gasteiger partial charge is 0.352 e. The number of carbonyl (C=O) groups excluding carboxylic acids is 2. The van der Waals surface area contributed by atoms with Gasteiger partial charge in [-0.05, 0) is 77.6 Å². The quantitative estimate of drug-likeness (QED) is 0.538. The minimum absolute atomic E-state index is 0.0495. The second-order valence-corrected chi connectivity index (χ2v) is 11.8. The zero-order valence-electron chi connectivity index (χ0n) is 23.0. The van der Waals surface area contributed by atoms with Gasteiger partial charge in [0.1, 0.15) is 17.7 Å². The van der Waals surface area contributed by atoms with Crippen LogP contribution in [-0.4, -0.2) is 77.5 Å². The van der Waals surface area contributed by atoms with E-state index in [0.717, 1.165) is 25.9 Å². The summed E-state index contributed by atoms with van der Waals surface area (Å²) in [6.07, 6.45) is 1.62. The van der Waals surface area contributed by atoms with Crippen molar-refractivity contribution in [2.24, 2.45) is 5.41 Å². The summed E-state index contributed by atoms with van der Waals surface area (Å²) in [5.74, 6) is -0.788. The first-order valence-corrected chi connectivity index (χ1v) is 13.1. The van der Waals surface area contributed by atoms with Crippen LogP contribution in [0.2, 0.25) is 5.02 Å². The van der Waals surface area contributed by atoms with Crippen LogP contribution in [0.25, 0.3) is 11.4 Å². The highest BCUT2D eigenvalue weighted by atomic mass is 35.5. The molecule has 2 aromatic rings. The van der Waals surface area contributed by atoms with E-state index < -0.39 is 23.2 Å². The number of aromatic nitrogens is 2. The number of nitrogens with one attached hydrogen (secondary N) is 2. The summed E-state index contributed by atoms with van der Waals surface area (Å²) in [4.78, 5) is 35.8. The zero-order chi connectivity index (χ0) is 27.5. The van der Waals surface area contributed by atoms with E-state index in [9.17, 15) is 14.0 Å². The van der Waals surface area contributed by atoms with Gasteiger partial charge >= 0.3 is 0 Å². The van der Waals surface area contributed by atoms with Gasteiger partial charge in [0.25, 0.3) is 5.91 Å². The average Bonchev–Trinajstić information content (AvgIpc) is 3.02. The van der Waals surface area contributed by atoms with Crippen molar-refractivity contribution in [2.45, 2.75) is 65.7 Å². The maximum absolute atomic E-state index is 14.8. The van der Waals surface area contributed by atoms with Gasteiger partial charge in [-0.2, -0.15) is 0 Å². The minimum atomic E-state index is -0.783. The van der Waals surface area contributed by atoms with Crippen molar-refractivity contribution in [3.63, 3.8) is 0 Å². The first kappa shape index (κ1) is 29.1. The van der Waals surface area contributed by atoms with Crippen LogP contribution in [0.1, 0.15) is 56.7 Å². The molecule has 10 heteroatoms. The fourth-order valence-electron chi connectivity index (χ4n) is 4.50. The van der Waals surface area contributed by atoms with Gasteiger partial charge in [-0.25, -0.2) is 9.37 Å². The van der Waals surface area contributed by atoms with E-state index in [-0.39, 0.29) is 23.2 Å². The fraction of sp³-hybridized carbons (Fsp3) is 0.593. The predicted molar refractivity (Wildman–Crippen MR) is 145 cm³/mol. The molecule has 37 heavy (non-hydrogen) atoms. The van der Waals surface area contributed by atoms with Gasteiger partial charge in [-0.1, -0.05) is 32.4 Å². The summed E-state index contributed by atoms with van der Waals surface area (Å²) in [6.45, 7) is 10.4. The third-order valence-corrected chi connectivity index (χ3v) is 6.83. The van der Waals surface area contributed by atoms with Gasteiger partial charge in [0.15, 0.2) is 5.69 Å². The summed E-state index contributed by atoms with van der Waals surface area (Å²) in [7, 11) is 5.95. The number of imidazole rings is 1. The molecular weight excluding hydrogens is 495 g/mol. The van der Waals surface area contributed by atoms with Crippen molar-refractivity contribution >= 4 is 23.4 Å². The second kappa shape index (κ2) is 11.9. The van der Waals surface area contributed by atoms with E-state index in [4.69, 9.17) is 11.6 Å². The molecule has 204 valence electrons. The van der Waals surface area contributed by atoms with Gasteiger partial charge in [-0.3, -0.25) is 9.59 Å². The number of amides is 2. The number of hydrogen-bond donors (Lipinski definition) is 2. The van der Waals surface area contributed by atoms with Crippen LogP contribution >= 0.6 is 11.6 Å². The molecule has 3 rings (SSSR count). The molecule has 1 aliphatic rings. The molecule has 2 heterocycles. The van der Waals surface area contributed by atoms with Crippen molar-refractivity contribution in [3.8, 4) is 11.4 Å². The Labute approximate surface area is 224 Å². The van der Waals surface area contributed by atoms with E-state index in [1.165, 1.54) is 18.2 Å². The van der Waals surface area contributed by atoms with Crippen LogP contribution in [0, 0.1) is 11.2 Å². The normalized spacial score (nSPS) is 16.2. The summed E-state index contributed by atoms with van der Waals surface area (Å²) < 4.78 is 16.7. The predicted octanol–water partition coefficient (Wildman–Crippen LogP) is 3.78. The maximum atomic E-state index is 14.8. The van der Waals surface area contributed by atoms with Gasteiger partial charge in [0.2, 0.25) is 5.91 Å². The van der Waals surface area contributed by atoms with Crippen molar-refractivity contribution in [1.82, 2.24) is 30.0 Å². The average molecular weight is 535 g/mol. The molecule has 2 N–H and O–H groups in total. The summed E-state index contributed by atoms with van der Waals surface area (Å²) in [6, 6.07) is 3.49. The lowest BCUT2D eigenvalue weighted by Gasteiger charge is -2.31. The molecule has 0 fully saturated rings. The van der Waals surface area contributed by atoms with E-state index in [1.807, 2.05) is 53.4 Å². The molecule has 0 aliphatic carbocycles. The number of hydrogen-bond acceptors (Lipinski definition) is 5. The van der Waals surface area contributed by atoms with E-state index >= 15 is 0 Å². The maximum Gasteiger partial charge on any atom is 0.272 e. The Morgan fingerprint density at radius 2 is 1.92 bits per heavy atom. The first-order valence-electron chi connectivity index (χ1n) is 12.8. The fourth-order valence-corrected chi connectivity index (χ4v) is 4.67. The third kappa shape index (κ3) is 7.30. The lowest BCUT2D eigenvalue weighted by Crippen LogP contribution is -2.55. The molecule has 0 saturated heterocycles. The van der Waals surface area contributed by atoms with Crippen LogP contribution < -0.4 is 10.6 Å². The van der Waals surface area contributed by atoms with Crippen molar-refractivity contribution in [3.05, 3.63) is 40.4 Å². The monoisotopic (exact) mass is 534 g/mol. The van der Waals surface area contributed by atoms with Crippen LogP contribution in [0.5, 0.6) is 0 Å².